The maximum Gasteiger partial charge on any atom is 0.185 e. The summed E-state index contributed by atoms with van der Waals surface area (Å²) in [5, 5.41) is 4.68. The number of thiazole rings is 1. The average molecular weight is 311 g/mol. The molecule has 21 heavy (non-hydrogen) atoms. The average Bonchev–Trinajstić information content (AvgIpc) is 3.07. The molecule has 0 aromatic carbocycles. The summed E-state index contributed by atoms with van der Waals surface area (Å²) in [4.78, 5) is 8.58. The highest BCUT2D eigenvalue weighted by Crippen LogP contribution is 2.32. The molecule has 1 N–H and O–H groups in total. The largest absolute Gasteiger partial charge is 0.379 e. The van der Waals surface area contributed by atoms with Crippen LogP contribution < -0.4 is 10.2 Å². The predicted molar refractivity (Wildman–Crippen MR) is 90.4 cm³/mol. The number of hydrogen-bond acceptors (Lipinski definition) is 5. The summed E-state index contributed by atoms with van der Waals surface area (Å²) in [5.41, 5.74) is 1.25. The quantitative estimate of drug-likeness (QED) is 0.839. The third-order valence-electron chi connectivity index (χ3n) is 3.86. The van der Waals surface area contributed by atoms with E-state index in [0.717, 1.165) is 37.9 Å². The summed E-state index contributed by atoms with van der Waals surface area (Å²) < 4.78 is 5.50. The standard InChI is InChI=1S/C16H29N3OS/c1-11(2)8-17-9-14-15(12(3)4)18-16(21-14)19(5)13-6-7-20-10-13/h11-13,17H,6-10H2,1-5H3. The van der Waals surface area contributed by atoms with Crippen LogP contribution in [0.15, 0.2) is 0 Å². The Morgan fingerprint density at radius 2 is 2.14 bits per heavy atom. The highest BCUT2D eigenvalue weighted by molar-refractivity contribution is 7.15. The van der Waals surface area contributed by atoms with Crippen molar-refractivity contribution in [3.63, 3.8) is 0 Å². The lowest BCUT2D eigenvalue weighted by atomic mass is 10.1. The maximum absolute atomic E-state index is 5.50. The molecule has 0 aliphatic carbocycles. The molecule has 0 amide bonds. The van der Waals surface area contributed by atoms with Gasteiger partial charge in [-0.15, -0.1) is 11.3 Å². The fourth-order valence-corrected chi connectivity index (χ4v) is 3.75. The summed E-state index contributed by atoms with van der Waals surface area (Å²) in [6.45, 7) is 12.6. The van der Waals surface area contributed by atoms with E-state index >= 15 is 0 Å². The van der Waals surface area contributed by atoms with E-state index in [4.69, 9.17) is 9.72 Å². The molecule has 0 saturated carbocycles. The molecule has 120 valence electrons. The van der Waals surface area contributed by atoms with Gasteiger partial charge in [0, 0.05) is 25.1 Å². The summed E-state index contributed by atoms with van der Waals surface area (Å²) >= 11 is 1.83. The fraction of sp³-hybridized carbons (Fsp3) is 0.812. The molecule has 1 aromatic rings. The molecule has 0 spiro atoms. The van der Waals surface area contributed by atoms with E-state index in [9.17, 15) is 0 Å². The van der Waals surface area contributed by atoms with Crippen molar-refractivity contribution in [2.45, 2.75) is 52.6 Å². The summed E-state index contributed by atoms with van der Waals surface area (Å²) in [7, 11) is 2.15. The number of aromatic nitrogens is 1. The Hall–Kier alpha value is -0.650. The van der Waals surface area contributed by atoms with Crippen molar-refractivity contribution in [3.05, 3.63) is 10.6 Å². The molecule has 1 saturated heterocycles. The Morgan fingerprint density at radius 1 is 1.38 bits per heavy atom. The first-order valence-corrected chi connectivity index (χ1v) is 8.81. The van der Waals surface area contributed by atoms with Gasteiger partial charge < -0.3 is 15.0 Å². The van der Waals surface area contributed by atoms with Gasteiger partial charge in [0.1, 0.15) is 0 Å². The number of rotatable bonds is 7. The van der Waals surface area contributed by atoms with Crippen LogP contribution in [0.2, 0.25) is 0 Å². The first kappa shape index (κ1) is 16.7. The number of nitrogens with one attached hydrogen (secondary N) is 1. The zero-order valence-electron chi connectivity index (χ0n) is 14.0. The van der Waals surface area contributed by atoms with Crippen molar-refractivity contribution in [2.24, 2.45) is 5.92 Å². The molecule has 1 aliphatic rings. The van der Waals surface area contributed by atoms with Gasteiger partial charge in [-0.2, -0.15) is 0 Å². The number of likely N-dealkylation sites (N-methyl/N-ethyl adjacent to an activating group) is 1. The van der Waals surface area contributed by atoms with Crippen molar-refractivity contribution in [2.75, 3.05) is 31.7 Å². The summed E-state index contributed by atoms with van der Waals surface area (Å²) in [6.07, 6.45) is 1.11. The minimum absolute atomic E-state index is 0.471. The monoisotopic (exact) mass is 311 g/mol. The zero-order chi connectivity index (χ0) is 15.4. The minimum atomic E-state index is 0.471. The normalized spacial score (nSPS) is 18.9. The number of nitrogens with zero attached hydrogens (tertiary/aromatic N) is 2. The van der Waals surface area contributed by atoms with Gasteiger partial charge in [0.25, 0.3) is 0 Å². The van der Waals surface area contributed by atoms with Crippen molar-refractivity contribution >= 4 is 16.5 Å². The number of anilines is 1. The number of hydrogen-bond donors (Lipinski definition) is 1. The van der Waals surface area contributed by atoms with E-state index in [1.807, 2.05) is 11.3 Å². The van der Waals surface area contributed by atoms with Gasteiger partial charge in [-0.25, -0.2) is 4.98 Å². The molecule has 1 fully saturated rings. The molecule has 2 rings (SSSR count). The zero-order valence-corrected chi connectivity index (χ0v) is 14.8. The molecule has 1 aromatic heterocycles. The second kappa shape index (κ2) is 7.56. The molecule has 0 bridgehead atoms. The lowest BCUT2D eigenvalue weighted by Gasteiger charge is -2.22. The lowest BCUT2D eigenvalue weighted by Crippen LogP contribution is -2.31. The van der Waals surface area contributed by atoms with Gasteiger partial charge in [-0.1, -0.05) is 27.7 Å². The van der Waals surface area contributed by atoms with Crippen LogP contribution in [0.4, 0.5) is 5.13 Å². The first-order valence-electron chi connectivity index (χ1n) is 8.00. The van der Waals surface area contributed by atoms with Gasteiger partial charge >= 0.3 is 0 Å². The van der Waals surface area contributed by atoms with Crippen molar-refractivity contribution in [1.82, 2.24) is 10.3 Å². The van der Waals surface area contributed by atoms with Gasteiger partial charge in [-0.3, -0.25) is 0 Å². The molecule has 1 atom stereocenters. The van der Waals surface area contributed by atoms with Gasteiger partial charge in [0.05, 0.1) is 18.3 Å². The van der Waals surface area contributed by atoms with E-state index in [2.05, 4.69) is 45.0 Å². The van der Waals surface area contributed by atoms with Crippen LogP contribution in [0.1, 0.15) is 50.6 Å². The van der Waals surface area contributed by atoms with Gasteiger partial charge in [0.2, 0.25) is 0 Å². The molecule has 1 unspecified atom stereocenters. The van der Waals surface area contributed by atoms with Crippen LogP contribution in [0.5, 0.6) is 0 Å². The summed E-state index contributed by atoms with van der Waals surface area (Å²) in [5.74, 6) is 1.15. The van der Waals surface area contributed by atoms with Crippen molar-refractivity contribution in [1.29, 1.82) is 0 Å². The fourth-order valence-electron chi connectivity index (χ4n) is 2.54. The van der Waals surface area contributed by atoms with Gasteiger partial charge in [-0.05, 0) is 24.8 Å². The Morgan fingerprint density at radius 3 is 2.71 bits per heavy atom. The van der Waals surface area contributed by atoms with E-state index in [0.29, 0.717) is 17.9 Å². The topological polar surface area (TPSA) is 37.4 Å². The Kier molecular flexibility index (Phi) is 6.02. The van der Waals surface area contributed by atoms with Crippen molar-refractivity contribution < 1.29 is 4.74 Å². The molecular formula is C16H29N3OS. The molecule has 5 heteroatoms. The second-order valence-corrected chi connectivity index (χ2v) is 7.67. The van der Waals surface area contributed by atoms with E-state index in [-0.39, 0.29) is 0 Å². The van der Waals surface area contributed by atoms with E-state index in [1.54, 1.807) is 0 Å². The third-order valence-corrected chi connectivity index (χ3v) is 5.02. The second-order valence-electron chi connectivity index (χ2n) is 6.61. The SMILES string of the molecule is CC(C)CNCc1sc(N(C)C2CCOC2)nc1C(C)C. The summed E-state index contributed by atoms with van der Waals surface area (Å²) in [6, 6.07) is 0.479. The molecule has 2 heterocycles. The van der Waals surface area contributed by atoms with Gasteiger partial charge in [0.15, 0.2) is 5.13 Å². The highest BCUT2D eigenvalue weighted by Gasteiger charge is 2.24. The maximum atomic E-state index is 5.50. The lowest BCUT2D eigenvalue weighted by molar-refractivity contribution is 0.193. The molecular weight excluding hydrogens is 282 g/mol. The smallest absolute Gasteiger partial charge is 0.185 e. The first-order chi connectivity index (χ1) is 9.99. The van der Waals surface area contributed by atoms with E-state index < -0.39 is 0 Å². The van der Waals surface area contributed by atoms with Crippen LogP contribution in [-0.2, 0) is 11.3 Å². The van der Waals surface area contributed by atoms with Crippen LogP contribution >= 0.6 is 11.3 Å². The molecule has 0 radical (unpaired) electrons. The van der Waals surface area contributed by atoms with Crippen LogP contribution in [0.25, 0.3) is 0 Å². The number of ether oxygens (including phenoxy) is 1. The van der Waals surface area contributed by atoms with Crippen LogP contribution in [0.3, 0.4) is 0 Å². The Bertz CT molecular complexity index is 439. The predicted octanol–water partition coefficient (Wildman–Crippen LogP) is 3.24. The minimum Gasteiger partial charge on any atom is -0.379 e. The van der Waals surface area contributed by atoms with Crippen molar-refractivity contribution in [3.8, 4) is 0 Å². The van der Waals surface area contributed by atoms with Crippen LogP contribution in [0, 0.1) is 5.92 Å². The molecule has 4 nitrogen and oxygen atoms in total. The Labute approximate surface area is 132 Å². The molecule has 1 aliphatic heterocycles. The highest BCUT2D eigenvalue weighted by atomic mass is 32.1. The van der Waals surface area contributed by atoms with E-state index in [1.165, 1.54) is 10.6 Å². The van der Waals surface area contributed by atoms with Crippen LogP contribution in [-0.4, -0.2) is 37.8 Å². The third kappa shape index (κ3) is 4.41. The Balaban J connectivity index is 2.08.